The molecule has 0 aliphatic rings. The third-order valence-corrected chi connectivity index (χ3v) is 4.53. The lowest BCUT2D eigenvalue weighted by molar-refractivity contribution is -0.138. The maximum absolute atomic E-state index is 10.3. The van der Waals surface area contributed by atoms with E-state index in [4.69, 9.17) is 26.5 Å². The normalized spacial score (nSPS) is 12.4. The van der Waals surface area contributed by atoms with Gasteiger partial charge in [-0.25, -0.2) is 0 Å². The summed E-state index contributed by atoms with van der Waals surface area (Å²) in [7, 11) is 1.44. The maximum Gasteiger partial charge on any atom is 0.323 e. The molecule has 0 aromatic carbocycles. The van der Waals surface area contributed by atoms with Gasteiger partial charge in [-0.2, -0.15) is 0 Å². The van der Waals surface area contributed by atoms with Gasteiger partial charge in [-0.1, -0.05) is 44.9 Å². The van der Waals surface area contributed by atoms with Crippen LogP contribution in [-0.2, 0) is 9.59 Å². The molecule has 2 atom stereocenters. The van der Waals surface area contributed by atoms with E-state index in [0.29, 0.717) is 19.3 Å². The van der Waals surface area contributed by atoms with Crippen LogP contribution in [0.2, 0.25) is 0 Å². The minimum atomic E-state index is -0.993. The summed E-state index contributed by atoms with van der Waals surface area (Å²) in [4.78, 5) is 21.4. The van der Waals surface area contributed by atoms with E-state index in [9.17, 15) is 19.8 Å². The van der Waals surface area contributed by atoms with Gasteiger partial charge in [0, 0.05) is 20.1 Å². The van der Waals surface area contributed by atoms with Crippen molar-refractivity contribution in [2.45, 2.75) is 89.3 Å². The molecule has 30 heavy (non-hydrogen) atoms. The molecule has 2 unspecified atom stereocenters. The van der Waals surface area contributed by atoms with Crippen LogP contribution < -0.4 is 5.73 Å². The van der Waals surface area contributed by atoms with E-state index in [2.05, 4.69) is 0 Å². The van der Waals surface area contributed by atoms with Crippen molar-refractivity contribution in [3.63, 3.8) is 0 Å². The zero-order chi connectivity index (χ0) is 23.4. The van der Waals surface area contributed by atoms with Gasteiger partial charge >= 0.3 is 11.9 Å². The van der Waals surface area contributed by atoms with E-state index in [-0.39, 0.29) is 25.5 Å². The van der Waals surface area contributed by atoms with E-state index >= 15 is 0 Å². The topological polar surface area (TPSA) is 188 Å². The highest BCUT2D eigenvalue weighted by Crippen LogP contribution is 2.14. The predicted octanol–water partition coefficient (Wildman–Crippen LogP) is 1.36. The van der Waals surface area contributed by atoms with Crippen molar-refractivity contribution < 1.29 is 35.1 Å². The number of guanidine groups is 1. The molecule has 0 saturated carbocycles. The molecule has 0 aliphatic carbocycles. The zero-order valence-corrected chi connectivity index (χ0v) is 18.1. The summed E-state index contributed by atoms with van der Waals surface area (Å²) >= 11 is 0. The van der Waals surface area contributed by atoms with Gasteiger partial charge in [-0.05, 0) is 25.7 Å². The van der Waals surface area contributed by atoms with Crippen LogP contribution >= 0.6 is 0 Å². The van der Waals surface area contributed by atoms with Crippen molar-refractivity contribution in [1.29, 1.82) is 5.41 Å². The fourth-order valence-corrected chi connectivity index (χ4v) is 2.65. The van der Waals surface area contributed by atoms with Crippen molar-refractivity contribution in [3.05, 3.63) is 0 Å². The number of nitrogens with one attached hydrogen (secondary N) is 1. The SMILES string of the molecule is CN(CC(=O)O)C(=N)N.O=C(O)CCCCCCCC(O)C(O)CCCCCCO. The molecule has 178 valence electrons. The van der Waals surface area contributed by atoms with E-state index in [1.807, 2.05) is 0 Å². The molecule has 0 aliphatic heterocycles. The average Bonchev–Trinajstić information content (AvgIpc) is 2.66. The van der Waals surface area contributed by atoms with Gasteiger partial charge < -0.3 is 36.2 Å². The van der Waals surface area contributed by atoms with Gasteiger partial charge in [0.1, 0.15) is 6.54 Å². The first-order chi connectivity index (χ1) is 14.1. The number of likely N-dealkylation sites (N-methyl/N-ethyl adjacent to an activating group) is 1. The maximum atomic E-state index is 10.3. The van der Waals surface area contributed by atoms with Crippen LogP contribution in [0.15, 0.2) is 0 Å². The van der Waals surface area contributed by atoms with Crippen LogP contribution in [0, 0.1) is 5.41 Å². The summed E-state index contributed by atoms with van der Waals surface area (Å²) in [6.45, 7) is -0.00697. The molecule has 0 heterocycles. The molecule has 0 amide bonds. The number of nitrogens with two attached hydrogens (primary N) is 1. The second-order valence-corrected chi connectivity index (χ2v) is 7.40. The number of hydrogen-bond donors (Lipinski definition) is 7. The fourth-order valence-electron chi connectivity index (χ4n) is 2.65. The highest BCUT2D eigenvalue weighted by molar-refractivity contribution is 5.79. The third-order valence-electron chi connectivity index (χ3n) is 4.53. The summed E-state index contributed by atoms with van der Waals surface area (Å²) in [6.07, 6.45) is 8.25. The van der Waals surface area contributed by atoms with Crippen LogP contribution in [0.3, 0.4) is 0 Å². The van der Waals surface area contributed by atoms with Crippen molar-refractivity contribution in [2.75, 3.05) is 20.2 Å². The molecule has 0 bridgehead atoms. The van der Waals surface area contributed by atoms with Crippen LogP contribution in [-0.4, -0.2) is 80.7 Å². The van der Waals surface area contributed by atoms with E-state index in [1.54, 1.807) is 0 Å². The molecule has 0 spiro atoms. The molecule has 8 N–H and O–H groups in total. The number of aliphatic carboxylic acids is 2. The average molecular weight is 436 g/mol. The van der Waals surface area contributed by atoms with Gasteiger partial charge in [0.05, 0.1) is 12.2 Å². The lowest BCUT2D eigenvalue weighted by Crippen LogP contribution is -2.36. The minimum Gasteiger partial charge on any atom is -0.481 e. The Kier molecular flexibility index (Phi) is 20.6. The van der Waals surface area contributed by atoms with Crippen LogP contribution in [0.5, 0.6) is 0 Å². The summed E-state index contributed by atoms with van der Waals surface area (Å²) < 4.78 is 0. The van der Waals surface area contributed by atoms with E-state index in [0.717, 1.165) is 56.3 Å². The second-order valence-electron chi connectivity index (χ2n) is 7.40. The molecule has 10 heteroatoms. The van der Waals surface area contributed by atoms with E-state index in [1.165, 1.54) is 7.05 Å². The number of carbonyl (C=O) groups is 2. The molecular weight excluding hydrogens is 394 g/mol. The monoisotopic (exact) mass is 435 g/mol. The highest BCUT2D eigenvalue weighted by atomic mass is 16.4. The number of carboxylic acid groups (broad SMARTS) is 2. The Labute approximate surface area is 179 Å². The number of aliphatic hydroxyl groups excluding tert-OH is 3. The Morgan fingerprint density at radius 3 is 1.63 bits per heavy atom. The summed E-state index contributed by atoms with van der Waals surface area (Å²) in [6, 6.07) is 0. The number of rotatable bonds is 17. The lowest BCUT2D eigenvalue weighted by atomic mass is 10.00. The van der Waals surface area contributed by atoms with Gasteiger partial charge in [0.15, 0.2) is 5.96 Å². The number of unbranched alkanes of at least 4 members (excludes halogenated alkanes) is 7. The fraction of sp³-hybridized carbons (Fsp3) is 0.850. The van der Waals surface area contributed by atoms with Crippen LogP contribution in [0.4, 0.5) is 0 Å². The molecule has 0 rings (SSSR count). The quantitative estimate of drug-likeness (QED) is 0.100. The Bertz CT molecular complexity index is 464. The molecule has 0 aromatic rings. The van der Waals surface area contributed by atoms with Crippen molar-refractivity contribution >= 4 is 17.9 Å². The Morgan fingerprint density at radius 1 is 0.833 bits per heavy atom. The van der Waals surface area contributed by atoms with Gasteiger partial charge in [-0.3, -0.25) is 15.0 Å². The first kappa shape index (κ1) is 30.3. The highest BCUT2D eigenvalue weighted by Gasteiger charge is 2.15. The predicted molar refractivity (Wildman–Crippen MR) is 114 cm³/mol. The minimum absolute atomic E-state index is 0.220. The second kappa shape index (κ2) is 20.4. The van der Waals surface area contributed by atoms with Crippen LogP contribution in [0.25, 0.3) is 0 Å². The molecule has 0 fully saturated rings. The van der Waals surface area contributed by atoms with Crippen LogP contribution in [0.1, 0.15) is 77.0 Å². The Balaban J connectivity index is 0. The Morgan fingerprint density at radius 2 is 1.27 bits per heavy atom. The van der Waals surface area contributed by atoms with Crippen molar-refractivity contribution in [3.8, 4) is 0 Å². The first-order valence-corrected chi connectivity index (χ1v) is 10.6. The number of hydrogen-bond acceptors (Lipinski definition) is 6. The lowest BCUT2D eigenvalue weighted by Gasteiger charge is -2.17. The standard InChI is InChI=1S/C16H32O5.C4H9N3O2/c17-13-9-5-4-7-11-15(19)14(18)10-6-2-1-3-8-12-16(20)21;1-7(4(5)6)2-3(8)9/h14-15,17-19H,1-13H2,(H,20,21);2H2,1H3,(H3,5,6)(H,8,9). The smallest absolute Gasteiger partial charge is 0.323 e. The van der Waals surface area contributed by atoms with Crippen molar-refractivity contribution in [2.24, 2.45) is 5.73 Å². The molecule has 10 nitrogen and oxygen atoms in total. The summed E-state index contributed by atoms with van der Waals surface area (Å²) in [5.74, 6) is -1.97. The number of nitrogens with zero attached hydrogens (tertiary/aromatic N) is 1. The largest absolute Gasteiger partial charge is 0.481 e. The molecule has 0 radical (unpaired) electrons. The van der Waals surface area contributed by atoms with Gasteiger partial charge in [0.25, 0.3) is 0 Å². The molecule has 0 saturated heterocycles. The number of aliphatic hydroxyl groups is 3. The molecule has 0 aromatic heterocycles. The van der Waals surface area contributed by atoms with Gasteiger partial charge in [0.2, 0.25) is 0 Å². The summed E-state index contributed by atoms with van der Waals surface area (Å²) in [5, 5.41) is 51.7. The molecular formula is C20H41N3O7. The Hall–Kier alpha value is -1.91. The third kappa shape index (κ3) is 22.4. The van der Waals surface area contributed by atoms with Crippen molar-refractivity contribution in [1.82, 2.24) is 4.90 Å². The van der Waals surface area contributed by atoms with Gasteiger partial charge in [-0.15, -0.1) is 0 Å². The first-order valence-electron chi connectivity index (χ1n) is 10.6. The van der Waals surface area contributed by atoms with E-state index < -0.39 is 24.1 Å². The number of carboxylic acids is 2. The zero-order valence-electron chi connectivity index (χ0n) is 18.1. The summed E-state index contributed by atoms with van der Waals surface area (Å²) in [5.41, 5.74) is 4.93.